The topological polar surface area (TPSA) is 63.6 Å². The first-order chi connectivity index (χ1) is 7.97. The van der Waals surface area contributed by atoms with Crippen LogP contribution in [0.2, 0.25) is 0 Å². The normalized spacial score (nSPS) is 11.1. The van der Waals surface area contributed by atoms with E-state index in [2.05, 4.69) is 13.8 Å². The maximum Gasteiger partial charge on any atom is 0.313 e. The van der Waals surface area contributed by atoms with Crippen molar-refractivity contribution in [2.45, 2.75) is 46.5 Å². The van der Waals surface area contributed by atoms with Crippen molar-refractivity contribution in [2.75, 3.05) is 11.0 Å². The van der Waals surface area contributed by atoms with Gasteiger partial charge < -0.3 is 9.84 Å². The molecule has 0 amide bonds. The lowest BCUT2D eigenvalue weighted by molar-refractivity contribution is -0.142. The van der Waals surface area contributed by atoms with Gasteiger partial charge >= 0.3 is 11.9 Å². The number of carboxylic acid groups (broad SMARTS) is 1. The first kappa shape index (κ1) is 19.0. The second kappa shape index (κ2) is 13.7. The van der Waals surface area contributed by atoms with Gasteiger partial charge in [0.05, 0.1) is 11.0 Å². The smallest absolute Gasteiger partial charge is 0.313 e. The Labute approximate surface area is 117 Å². The van der Waals surface area contributed by atoms with Crippen molar-refractivity contribution in [3.8, 4) is 0 Å². The van der Waals surface area contributed by atoms with E-state index in [1.165, 1.54) is 26.2 Å². The largest absolute Gasteiger partial charge is 0.481 e. The molecule has 5 heteroatoms. The Hall–Kier alpha value is -0.330. The summed E-state index contributed by atoms with van der Waals surface area (Å²) in [6, 6.07) is 0. The zero-order chi connectivity index (χ0) is 13.7. The summed E-state index contributed by atoms with van der Waals surface area (Å²) in [6.07, 6.45) is 4.74. The number of carbonyl (C=O) groups is 2. The molecule has 0 radical (unpaired) electrons. The van der Waals surface area contributed by atoms with Gasteiger partial charge in [-0.25, -0.2) is 0 Å². The van der Waals surface area contributed by atoms with Crippen molar-refractivity contribution in [3.05, 3.63) is 0 Å². The van der Waals surface area contributed by atoms with Crippen LogP contribution in [0.3, 0.4) is 0 Å². The SMILES string of the molecule is CCCCC(CC)COC(C)=O.O=C(O)CI. The predicted octanol–water partition coefficient (Wildman–Crippen LogP) is 3.27. The lowest BCUT2D eigenvalue weighted by Gasteiger charge is -2.13. The van der Waals surface area contributed by atoms with Gasteiger partial charge in [-0.15, -0.1) is 0 Å². The van der Waals surface area contributed by atoms with Crippen LogP contribution in [0.25, 0.3) is 0 Å². The molecule has 0 aliphatic heterocycles. The highest BCUT2D eigenvalue weighted by molar-refractivity contribution is 14.1. The fraction of sp³-hybridized carbons (Fsp3) is 0.833. The molecule has 0 aliphatic rings. The van der Waals surface area contributed by atoms with Crippen LogP contribution in [0.4, 0.5) is 0 Å². The average Bonchev–Trinajstić information content (AvgIpc) is 2.30. The third kappa shape index (κ3) is 18.2. The molecule has 17 heavy (non-hydrogen) atoms. The van der Waals surface area contributed by atoms with E-state index in [0.717, 1.165) is 6.42 Å². The summed E-state index contributed by atoms with van der Waals surface area (Å²) in [5.41, 5.74) is 0. The molecule has 0 aromatic heterocycles. The number of halogens is 1. The Morgan fingerprint density at radius 3 is 2.18 bits per heavy atom. The third-order valence-corrected chi connectivity index (χ3v) is 2.83. The van der Waals surface area contributed by atoms with Crippen LogP contribution in [-0.4, -0.2) is 28.1 Å². The monoisotopic (exact) mass is 358 g/mol. The van der Waals surface area contributed by atoms with Crippen molar-refractivity contribution in [3.63, 3.8) is 0 Å². The highest BCUT2D eigenvalue weighted by Crippen LogP contribution is 2.12. The first-order valence-electron chi connectivity index (χ1n) is 5.88. The van der Waals surface area contributed by atoms with Crippen LogP contribution in [0, 0.1) is 5.92 Å². The van der Waals surface area contributed by atoms with Crippen molar-refractivity contribution in [2.24, 2.45) is 5.92 Å². The molecule has 0 rings (SSSR count). The van der Waals surface area contributed by atoms with Gasteiger partial charge in [-0.2, -0.15) is 0 Å². The molecule has 1 unspecified atom stereocenters. The molecule has 1 N–H and O–H groups in total. The molecule has 0 heterocycles. The van der Waals surface area contributed by atoms with Crippen molar-refractivity contribution in [1.29, 1.82) is 0 Å². The lowest BCUT2D eigenvalue weighted by atomic mass is 10.0. The molecule has 1 atom stereocenters. The van der Waals surface area contributed by atoms with Gasteiger partial charge in [0.25, 0.3) is 0 Å². The van der Waals surface area contributed by atoms with E-state index in [0.29, 0.717) is 12.5 Å². The molecule has 0 spiro atoms. The van der Waals surface area contributed by atoms with Crippen LogP contribution in [0.1, 0.15) is 46.5 Å². The van der Waals surface area contributed by atoms with E-state index < -0.39 is 5.97 Å². The van der Waals surface area contributed by atoms with Crippen LogP contribution in [0.15, 0.2) is 0 Å². The summed E-state index contributed by atoms with van der Waals surface area (Å²) in [5, 5.41) is 7.71. The van der Waals surface area contributed by atoms with Crippen LogP contribution in [-0.2, 0) is 14.3 Å². The number of aliphatic carboxylic acids is 1. The average molecular weight is 358 g/mol. The predicted molar refractivity (Wildman–Crippen MR) is 76.5 cm³/mol. The molecular formula is C12H23IO4. The van der Waals surface area contributed by atoms with Crippen LogP contribution in [0.5, 0.6) is 0 Å². The minimum absolute atomic E-state index is 0.162. The van der Waals surface area contributed by atoms with Crippen molar-refractivity contribution < 1.29 is 19.4 Å². The molecule has 4 nitrogen and oxygen atoms in total. The summed E-state index contributed by atoms with van der Waals surface area (Å²) in [5.74, 6) is -0.357. The van der Waals surface area contributed by atoms with Gasteiger partial charge in [-0.05, 0) is 12.3 Å². The molecule has 0 aromatic carbocycles. The zero-order valence-corrected chi connectivity index (χ0v) is 13.0. The Morgan fingerprint density at radius 1 is 1.35 bits per heavy atom. The molecule has 0 bridgehead atoms. The lowest BCUT2D eigenvalue weighted by Crippen LogP contribution is -2.11. The van der Waals surface area contributed by atoms with Crippen molar-refractivity contribution >= 4 is 34.5 Å². The Bertz CT molecular complexity index is 207. The minimum Gasteiger partial charge on any atom is -0.481 e. The third-order valence-electron chi connectivity index (χ3n) is 2.18. The Morgan fingerprint density at radius 2 is 1.88 bits per heavy atom. The number of alkyl halides is 1. The molecule has 0 saturated carbocycles. The Kier molecular flexibility index (Phi) is 15.4. The molecule has 0 aromatic rings. The minimum atomic E-state index is -0.759. The van der Waals surface area contributed by atoms with E-state index in [1.807, 2.05) is 0 Å². The molecule has 0 saturated heterocycles. The maximum absolute atomic E-state index is 10.5. The molecule has 102 valence electrons. The van der Waals surface area contributed by atoms with Gasteiger partial charge in [0.15, 0.2) is 0 Å². The summed E-state index contributed by atoms with van der Waals surface area (Å²) >= 11 is 1.78. The molecule has 0 aliphatic carbocycles. The number of unbranched alkanes of at least 4 members (excludes halogenated alkanes) is 1. The number of ether oxygens (including phenoxy) is 1. The van der Waals surface area contributed by atoms with Gasteiger partial charge in [0.2, 0.25) is 0 Å². The highest BCUT2D eigenvalue weighted by atomic mass is 127. The van der Waals surface area contributed by atoms with Gasteiger partial charge in [-0.3, -0.25) is 9.59 Å². The summed E-state index contributed by atoms with van der Waals surface area (Å²) in [6.45, 7) is 6.39. The quantitative estimate of drug-likeness (QED) is 0.431. The first-order valence-corrected chi connectivity index (χ1v) is 7.41. The van der Waals surface area contributed by atoms with E-state index in [4.69, 9.17) is 9.84 Å². The van der Waals surface area contributed by atoms with Crippen molar-refractivity contribution in [1.82, 2.24) is 0 Å². The second-order valence-electron chi connectivity index (χ2n) is 3.75. The van der Waals surface area contributed by atoms with E-state index in [9.17, 15) is 9.59 Å². The summed E-state index contributed by atoms with van der Waals surface area (Å²) in [7, 11) is 0. The van der Waals surface area contributed by atoms with E-state index >= 15 is 0 Å². The number of hydrogen-bond acceptors (Lipinski definition) is 3. The fourth-order valence-corrected chi connectivity index (χ4v) is 1.13. The molecule has 0 fully saturated rings. The highest BCUT2D eigenvalue weighted by Gasteiger charge is 2.06. The summed E-state index contributed by atoms with van der Waals surface area (Å²) < 4.78 is 5.15. The fourth-order valence-electron chi connectivity index (χ4n) is 1.13. The van der Waals surface area contributed by atoms with Crippen LogP contribution >= 0.6 is 22.6 Å². The number of hydrogen-bond donors (Lipinski definition) is 1. The maximum atomic E-state index is 10.5. The number of esters is 1. The summed E-state index contributed by atoms with van der Waals surface area (Å²) in [4.78, 5) is 19.9. The number of rotatable bonds is 7. The van der Waals surface area contributed by atoms with Crippen LogP contribution < -0.4 is 0 Å². The zero-order valence-electron chi connectivity index (χ0n) is 10.9. The van der Waals surface area contributed by atoms with E-state index in [-0.39, 0.29) is 10.4 Å². The second-order valence-corrected chi connectivity index (χ2v) is 4.51. The molecular weight excluding hydrogens is 335 g/mol. The number of carbonyl (C=O) groups excluding carboxylic acids is 1. The number of carboxylic acids is 1. The Balaban J connectivity index is 0. The standard InChI is InChI=1S/C10H20O2.C2H3IO2/c1-4-6-7-10(5-2)8-12-9(3)11;3-1-2(4)5/h10H,4-8H2,1-3H3;1H2,(H,4,5). The van der Waals surface area contributed by atoms with Gasteiger partial charge in [0.1, 0.15) is 0 Å². The van der Waals surface area contributed by atoms with E-state index in [1.54, 1.807) is 22.6 Å². The van der Waals surface area contributed by atoms with Gasteiger partial charge in [-0.1, -0.05) is 55.7 Å². The van der Waals surface area contributed by atoms with Gasteiger partial charge in [0, 0.05) is 6.92 Å².